The van der Waals surface area contributed by atoms with E-state index >= 15 is 0 Å². The molecule has 84 valence electrons. The maximum absolute atomic E-state index is 9.04. The quantitative estimate of drug-likeness (QED) is 0.871. The fraction of sp³-hybridized carbons (Fsp3) is 0.444. The molecule has 0 aliphatic carbocycles. The average Bonchev–Trinajstić information content (AvgIpc) is 2.21. The maximum Gasteiger partial charge on any atom is 0.145 e. The molecule has 1 aromatic heterocycles. The van der Waals surface area contributed by atoms with Crippen molar-refractivity contribution in [2.75, 3.05) is 25.6 Å². The Balaban J connectivity index is 2.70. The molecule has 2 N–H and O–H groups in total. The molecule has 1 unspecified atom stereocenters. The van der Waals surface area contributed by atoms with Crippen molar-refractivity contribution in [3.05, 3.63) is 21.8 Å². The number of aromatic nitrogens is 1. The Morgan fingerprint density at radius 2 is 2.47 bits per heavy atom. The summed E-state index contributed by atoms with van der Waals surface area (Å²) in [6.07, 6.45) is 1.63. The minimum atomic E-state index is -0.207. The van der Waals surface area contributed by atoms with Crippen LogP contribution in [0.3, 0.4) is 0 Å². The zero-order valence-electron chi connectivity index (χ0n) is 8.20. The predicted molar refractivity (Wildman–Crippen MR) is 63.3 cm³/mol. The molecule has 0 saturated heterocycles. The number of pyridine rings is 1. The van der Waals surface area contributed by atoms with Crippen LogP contribution in [0, 0.1) is 0 Å². The van der Waals surface area contributed by atoms with E-state index in [-0.39, 0.29) is 12.6 Å². The van der Waals surface area contributed by atoms with Crippen molar-refractivity contribution in [2.45, 2.75) is 6.04 Å². The smallest absolute Gasteiger partial charge is 0.145 e. The van der Waals surface area contributed by atoms with Gasteiger partial charge in [0, 0.05) is 17.8 Å². The maximum atomic E-state index is 9.04. The number of halogens is 2. The SMILES string of the molecule is COCC(CO)Nc1ncc(Br)cc1Cl. The molecule has 4 nitrogen and oxygen atoms in total. The van der Waals surface area contributed by atoms with Gasteiger partial charge in [-0.3, -0.25) is 0 Å². The second kappa shape index (κ2) is 6.27. The number of nitrogens with zero attached hydrogens (tertiary/aromatic N) is 1. The number of hydrogen-bond donors (Lipinski definition) is 2. The number of aliphatic hydroxyl groups is 1. The Hall–Kier alpha value is -0.360. The summed E-state index contributed by atoms with van der Waals surface area (Å²) in [6, 6.07) is 1.53. The fourth-order valence-electron chi connectivity index (χ4n) is 1.06. The van der Waals surface area contributed by atoms with Crippen molar-refractivity contribution in [1.29, 1.82) is 0 Å². The molecule has 0 amide bonds. The summed E-state index contributed by atoms with van der Waals surface area (Å²) in [5.41, 5.74) is 0. The third kappa shape index (κ3) is 3.95. The Morgan fingerprint density at radius 3 is 3.00 bits per heavy atom. The van der Waals surface area contributed by atoms with Gasteiger partial charge in [-0.2, -0.15) is 0 Å². The van der Waals surface area contributed by atoms with Gasteiger partial charge in [-0.05, 0) is 22.0 Å². The van der Waals surface area contributed by atoms with Crippen LogP contribution in [0.2, 0.25) is 5.02 Å². The van der Waals surface area contributed by atoms with Gasteiger partial charge in [-0.1, -0.05) is 11.6 Å². The van der Waals surface area contributed by atoms with E-state index in [0.717, 1.165) is 4.47 Å². The van der Waals surface area contributed by atoms with E-state index in [0.29, 0.717) is 17.4 Å². The van der Waals surface area contributed by atoms with Crippen LogP contribution in [-0.2, 0) is 4.74 Å². The molecule has 0 fully saturated rings. The van der Waals surface area contributed by atoms with Crippen molar-refractivity contribution >= 4 is 33.3 Å². The van der Waals surface area contributed by atoms with E-state index < -0.39 is 0 Å². The van der Waals surface area contributed by atoms with Crippen LogP contribution >= 0.6 is 27.5 Å². The second-order valence-corrected chi connectivity index (χ2v) is 4.29. The molecule has 1 rings (SSSR count). The highest BCUT2D eigenvalue weighted by molar-refractivity contribution is 9.10. The Morgan fingerprint density at radius 1 is 1.73 bits per heavy atom. The number of rotatable bonds is 5. The number of ether oxygens (including phenoxy) is 1. The first-order valence-electron chi connectivity index (χ1n) is 4.34. The molecule has 0 saturated carbocycles. The summed E-state index contributed by atoms with van der Waals surface area (Å²) in [7, 11) is 1.57. The molecule has 0 radical (unpaired) electrons. The summed E-state index contributed by atoms with van der Waals surface area (Å²) in [4.78, 5) is 4.09. The van der Waals surface area contributed by atoms with Gasteiger partial charge in [-0.15, -0.1) is 0 Å². The lowest BCUT2D eigenvalue weighted by atomic mass is 10.3. The van der Waals surface area contributed by atoms with Crippen molar-refractivity contribution in [1.82, 2.24) is 4.98 Å². The molecule has 15 heavy (non-hydrogen) atoms. The lowest BCUT2D eigenvalue weighted by Crippen LogP contribution is -2.29. The lowest BCUT2D eigenvalue weighted by Gasteiger charge is -2.16. The van der Waals surface area contributed by atoms with Crippen LogP contribution in [0.15, 0.2) is 16.7 Å². The highest BCUT2D eigenvalue weighted by atomic mass is 79.9. The van der Waals surface area contributed by atoms with Gasteiger partial charge in [0.1, 0.15) is 5.82 Å². The molecule has 0 aliphatic heterocycles. The van der Waals surface area contributed by atoms with Gasteiger partial charge in [0.25, 0.3) is 0 Å². The summed E-state index contributed by atoms with van der Waals surface area (Å²) in [5, 5.41) is 12.5. The molecule has 6 heteroatoms. The monoisotopic (exact) mass is 294 g/mol. The first-order valence-corrected chi connectivity index (χ1v) is 5.52. The van der Waals surface area contributed by atoms with E-state index in [1.807, 2.05) is 0 Å². The molecule has 1 atom stereocenters. The standard InChI is InChI=1S/C9H12BrClN2O2/c1-15-5-7(4-14)13-9-8(11)2-6(10)3-12-9/h2-3,7,14H,4-5H2,1H3,(H,12,13). The fourth-order valence-corrected chi connectivity index (χ4v) is 1.74. The number of nitrogens with one attached hydrogen (secondary N) is 1. The Bertz CT molecular complexity index is 325. The highest BCUT2D eigenvalue weighted by Crippen LogP contribution is 2.23. The molecule has 0 aromatic carbocycles. The molecular formula is C9H12BrClN2O2. The normalized spacial score (nSPS) is 12.5. The zero-order chi connectivity index (χ0) is 11.3. The van der Waals surface area contributed by atoms with E-state index in [1.165, 1.54) is 0 Å². The number of aliphatic hydroxyl groups excluding tert-OH is 1. The van der Waals surface area contributed by atoms with E-state index in [2.05, 4.69) is 26.2 Å². The number of hydrogen-bond acceptors (Lipinski definition) is 4. The van der Waals surface area contributed by atoms with Crippen LogP contribution in [0.1, 0.15) is 0 Å². The van der Waals surface area contributed by atoms with Crippen molar-refractivity contribution < 1.29 is 9.84 Å². The predicted octanol–water partition coefficient (Wildman–Crippen LogP) is 1.92. The highest BCUT2D eigenvalue weighted by Gasteiger charge is 2.10. The van der Waals surface area contributed by atoms with Gasteiger partial charge < -0.3 is 15.2 Å². The molecule has 1 aromatic rings. The largest absolute Gasteiger partial charge is 0.394 e. The minimum absolute atomic E-state index is 0.0398. The first-order chi connectivity index (χ1) is 7.17. The van der Waals surface area contributed by atoms with Gasteiger partial charge in [0.15, 0.2) is 0 Å². The topological polar surface area (TPSA) is 54.4 Å². The summed E-state index contributed by atoms with van der Waals surface area (Å²) >= 11 is 9.21. The van der Waals surface area contributed by atoms with Crippen LogP contribution in [0.5, 0.6) is 0 Å². The Labute approximate surface area is 102 Å². The molecule has 0 aliphatic rings. The van der Waals surface area contributed by atoms with Crippen LogP contribution in [-0.4, -0.2) is 36.5 Å². The molecule has 0 spiro atoms. The third-order valence-electron chi connectivity index (χ3n) is 1.74. The van der Waals surface area contributed by atoms with Crippen molar-refractivity contribution in [3.8, 4) is 0 Å². The average molecular weight is 296 g/mol. The number of anilines is 1. The number of methoxy groups -OCH3 is 1. The Kier molecular flexibility index (Phi) is 5.31. The van der Waals surface area contributed by atoms with Crippen LogP contribution in [0.4, 0.5) is 5.82 Å². The third-order valence-corrected chi connectivity index (χ3v) is 2.46. The van der Waals surface area contributed by atoms with Crippen molar-refractivity contribution in [2.24, 2.45) is 0 Å². The summed E-state index contributed by atoms with van der Waals surface area (Å²) in [6.45, 7) is 0.354. The molecule has 1 heterocycles. The molecule has 0 bridgehead atoms. The summed E-state index contributed by atoms with van der Waals surface area (Å²) < 4.78 is 5.74. The van der Waals surface area contributed by atoms with Gasteiger partial charge in [0.2, 0.25) is 0 Å². The zero-order valence-corrected chi connectivity index (χ0v) is 10.5. The van der Waals surface area contributed by atoms with E-state index in [4.69, 9.17) is 21.4 Å². The van der Waals surface area contributed by atoms with E-state index in [1.54, 1.807) is 19.4 Å². The van der Waals surface area contributed by atoms with Crippen molar-refractivity contribution in [3.63, 3.8) is 0 Å². The first kappa shape index (κ1) is 12.7. The molecular weight excluding hydrogens is 283 g/mol. The van der Waals surface area contributed by atoms with Gasteiger partial charge in [0.05, 0.1) is 24.3 Å². The van der Waals surface area contributed by atoms with Crippen LogP contribution in [0.25, 0.3) is 0 Å². The minimum Gasteiger partial charge on any atom is -0.394 e. The summed E-state index contributed by atoms with van der Waals surface area (Å²) in [5.74, 6) is 0.538. The van der Waals surface area contributed by atoms with Gasteiger partial charge >= 0.3 is 0 Å². The lowest BCUT2D eigenvalue weighted by molar-refractivity contribution is 0.153. The second-order valence-electron chi connectivity index (χ2n) is 2.96. The van der Waals surface area contributed by atoms with Crippen LogP contribution < -0.4 is 5.32 Å². The van der Waals surface area contributed by atoms with Gasteiger partial charge in [-0.25, -0.2) is 4.98 Å². The van der Waals surface area contributed by atoms with E-state index in [9.17, 15) is 0 Å².